The van der Waals surface area contributed by atoms with Crippen molar-refractivity contribution in [2.75, 3.05) is 18.1 Å². The van der Waals surface area contributed by atoms with Gasteiger partial charge in [-0.15, -0.1) is 0 Å². The van der Waals surface area contributed by atoms with Crippen LogP contribution >= 0.6 is 0 Å². The summed E-state index contributed by atoms with van der Waals surface area (Å²) in [5.74, 6) is -0.929. The van der Waals surface area contributed by atoms with E-state index in [1.807, 2.05) is 0 Å². The molecule has 1 saturated heterocycles. The Kier molecular flexibility index (Phi) is 5.56. The molecular weight excluding hydrogens is 434 g/mol. The highest BCUT2D eigenvalue weighted by atomic mass is 19.1. The van der Waals surface area contributed by atoms with Gasteiger partial charge < -0.3 is 19.6 Å². The van der Waals surface area contributed by atoms with Crippen molar-refractivity contribution in [3.63, 3.8) is 0 Å². The highest BCUT2D eigenvalue weighted by Crippen LogP contribution is 2.30. The van der Waals surface area contributed by atoms with E-state index in [-0.39, 0.29) is 30.6 Å². The van der Waals surface area contributed by atoms with Crippen LogP contribution in [0, 0.1) is 11.6 Å². The number of rotatable bonds is 6. The Morgan fingerprint density at radius 3 is 2.73 bits per heavy atom. The molecule has 1 aliphatic rings. The molecule has 1 aromatic carbocycles. The zero-order valence-corrected chi connectivity index (χ0v) is 17.3. The quantitative estimate of drug-likeness (QED) is 0.456. The monoisotopic (exact) mass is 454 g/mol. The van der Waals surface area contributed by atoms with Crippen LogP contribution in [0.25, 0.3) is 22.9 Å². The van der Waals surface area contributed by atoms with Gasteiger partial charge in [-0.3, -0.25) is 4.68 Å². The number of hydrogen-bond donors (Lipinski definition) is 2. The summed E-state index contributed by atoms with van der Waals surface area (Å²) in [4.78, 5) is 9.95. The number of anilines is 1. The lowest BCUT2D eigenvalue weighted by Crippen LogP contribution is -2.39. The van der Waals surface area contributed by atoms with E-state index in [1.54, 1.807) is 35.0 Å². The average molecular weight is 454 g/mol. The Labute approximate surface area is 186 Å². The smallest absolute Gasteiger partial charge is 0.183 e. The first-order chi connectivity index (χ1) is 16.0. The van der Waals surface area contributed by atoms with Gasteiger partial charge in [0.05, 0.1) is 37.2 Å². The van der Waals surface area contributed by atoms with Crippen molar-refractivity contribution in [2.24, 2.45) is 0 Å². The van der Waals surface area contributed by atoms with Gasteiger partial charge in [-0.1, -0.05) is 23.4 Å². The molecule has 0 radical (unpaired) electrons. The molecule has 33 heavy (non-hydrogen) atoms. The third-order valence-electron chi connectivity index (χ3n) is 5.68. The molecular formula is C22H20F2N6O3. The standard InChI is InChI=1S/C22H20F2N6O3/c23-14-4-2-1-3-13(14)11-30-18(16-6-8-33-28-16)9-17(27-30)21-25-10-15(24)22(26-21)29-7-5-20(32)19(29)12-31/h1-4,6,8-10,19-20,31-32H,5,7,11-12H2/t19?,20-/m1/s1. The van der Waals surface area contributed by atoms with Crippen molar-refractivity contribution in [2.45, 2.75) is 25.1 Å². The topological polar surface area (TPSA) is 113 Å². The molecule has 0 amide bonds. The van der Waals surface area contributed by atoms with Crippen molar-refractivity contribution in [3.8, 4) is 22.9 Å². The molecule has 3 aromatic heterocycles. The number of aliphatic hydroxyl groups is 2. The maximum absolute atomic E-state index is 14.6. The van der Waals surface area contributed by atoms with Gasteiger partial charge in [0.2, 0.25) is 0 Å². The van der Waals surface area contributed by atoms with E-state index in [4.69, 9.17) is 4.52 Å². The molecule has 1 fully saturated rings. The van der Waals surface area contributed by atoms with Crippen molar-refractivity contribution < 1.29 is 23.5 Å². The van der Waals surface area contributed by atoms with Crippen molar-refractivity contribution in [1.82, 2.24) is 24.9 Å². The van der Waals surface area contributed by atoms with Gasteiger partial charge in [0.25, 0.3) is 0 Å². The first-order valence-corrected chi connectivity index (χ1v) is 10.4. The van der Waals surface area contributed by atoms with Gasteiger partial charge in [-0.25, -0.2) is 18.7 Å². The summed E-state index contributed by atoms with van der Waals surface area (Å²) in [6.45, 7) is 0.118. The number of nitrogens with zero attached hydrogens (tertiary/aromatic N) is 6. The van der Waals surface area contributed by atoms with Crippen LogP contribution in [0.4, 0.5) is 14.6 Å². The Hall–Kier alpha value is -3.70. The molecule has 0 aliphatic carbocycles. The average Bonchev–Trinajstić information content (AvgIpc) is 3.55. The first-order valence-electron chi connectivity index (χ1n) is 10.4. The van der Waals surface area contributed by atoms with Crippen LogP contribution in [0.15, 0.2) is 53.4 Å². The van der Waals surface area contributed by atoms with E-state index in [2.05, 4.69) is 20.2 Å². The van der Waals surface area contributed by atoms with Crippen LogP contribution in [0.3, 0.4) is 0 Å². The molecule has 0 bridgehead atoms. The Bertz CT molecular complexity index is 1260. The van der Waals surface area contributed by atoms with E-state index in [1.165, 1.54) is 17.2 Å². The van der Waals surface area contributed by atoms with E-state index < -0.39 is 18.0 Å². The molecule has 9 nitrogen and oxygen atoms in total. The highest BCUT2D eigenvalue weighted by Gasteiger charge is 2.35. The molecule has 1 unspecified atom stereocenters. The predicted octanol–water partition coefficient (Wildman–Crippen LogP) is 2.25. The second-order valence-electron chi connectivity index (χ2n) is 7.71. The highest BCUT2D eigenvalue weighted by molar-refractivity contribution is 5.63. The van der Waals surface area contributed by atoms with Crippen molar-refractivity contribution in [3.05, 3.63) is 66.1 Å². The summed E-state index contributed by atoms with van der Waals surface area (Å²) >= 11 is 0. The van der Waals surface area contributed by atoms with Gasteiger partial charge in [-0.05, 0) is 18.6 Å². The Balaban J connectivity index is 1.55. The van der Waals surface area contributed by atoms with E-state index in [0.717, 1.165) is 6.20 Å². The van der Waals surface area contributed by atoms with Crippen LogP contribution in [0.5, 0.6) is 0 Å². The first kappa shape index (κ1) is 21.2. The summed E-state index contributed by atoms with van der Waals surface area (Å²) in [5.41, 5.74) is 1.78. The summed E-state index contributed by atoms with van der Waals surface area (Å²) < 4.78 is 35.4. The fraction of sp³-hybridized carbons (Fsp3) is 0.273. The fourth-order valence-electron chi connectivity index (χ4n) is 3.99. The Morgan fingerprint density at radius 2 is 1.97 bits per heavy atom. The van der Waals surface area contributed by atoms with Gasteiger partial charge in [0.15, 0.2) is 17.5 Å². The summed E-state index contributed by atoms with van der Waals surface area (Å²) in [5, 5.41) is 28.2. The molecule has 0 spiro atoms. The number of hydrogen-bond acceptors (Lipinski definition) is 8. The maximum atomic E-state index is 14.6. The zero-order valence-electron chi connectivity index (χ0n) is 17.3. The van der Waals surface area contributed by atoms with E-state index in [0.29, 0.717) is 35.6 Å². The largest absolute Gasteiger partial charge is 0.394 e. The lowest BCUT2D eigenvalue weighted by molar-refractivity contribution is 0.127. The molecule has 0 saturated carbocycles. The molecule has 11 heteroatoms. The van der Waals surface area contributed by atoms with Crippen LogP contribution in [0.2, 0.25) is 0 Å². The minimum Gasteiger partial charge on any atom is -0.394 e. The summed E-state index contributed by atoms with van der Waals surface area (Å²) in [6.07, 6.45) is 2.04. The lowest BCUT2D eigenvalue weighted by atomic mass is 10.2. The maximum Gasteiger partial charge on any atom is 0.183 e. The van der Waals surface area contributed by atoms with Gasteiger partial charge in [0.1, 0.15) is 23.5 Å². The molecule has 1 aliphatic heterocycles. The number of halogens is 2. The lowest BCUT2D eigenvalue weighted by Gasteiger charge is -2.25. The van der Waals surface area contributed by atoms with Gasteiger partial charge >= 0.3 is 0 Å². The number of benzene rings is 1. The minimum atomic E-state index is -0.786. The van der Waals surface area contributed by atoms with Crippen LogP contribution < -0.4 is 4.90 Å². The zero-order chi connectivity index (χ0) is 22.9. The molecule has 2 atom stereocenters. The van der Waals surface area contributed by atoms with E-state index >= 15 is 0 Å². The third-order valence-corrected chi connectivity index (χ3v) is 5.68. The second-order valence-corrected chi connectivity index (χ2v) is 7.71. The summed E-state index contributed by atoms with van der Waals surface area (Å²) in [6, 6.07) is 9.01. The molecule has 5 rings (SSSR count). The van der Waals surface area contributed by atoms with Gasteiger partial charge in [-0.2, -0.15) is 5.10 Å². The van der Waals surface area contributed by atoms with Gasteiger partial charge in [0, 0.05) is 18.2 Å². The van der Waals surface area contributed by atoms with Crippen molar-refractivity contribution in [1.29, 1.82) is 0 Å². The SMILES string of the molecule is OCC1[C@H](O)CCN1c1nc(-c2cc(-c3ccon3)n(Cc3ccccc3F)n2)ncc1F. The molecule has 170 valence electrons. The minimum absolute atomic E-state index is 0.0257. The van der Waals surface area contributed by atoms with Crippen LogP contribution in [0.1, 0.15) is 12.0 Å². The van der Waals surface area contributed by atoms with Crippen LogP contribution in [-0.4, -0.2) is 60.4 Å². The third kappa shape index (κ3) is 3.96. The molecule has 4 heterocycles. The van der Waals surface area contributed by atoms with E-state index in [9.17, 15) is 19.0 Å². The Morgan fingerprint density at radius 1 is 1.12 bits per heavy atom. The van der Waals surface area contributed by atoms with Crippen molar-refractivity contribution >= 4 is 5.82 Å². The molecule has 2 N–H and O–H groups in total. The van der Waals surface area contributed by atoms with Crippen LogP contribution in [-0.2, 0) is 6.54 Å². The number of aliphatic hydroxyl groups excluding tert-OH is 2. The fourth-order valence-corrected chi connectivity index (χ4v) is 3.99. The second kappa shape index (κ2) is 8.68. The predicted molar refractivity (Wildman–Crippen MR) is 113 cm³/mol. The normalized spacial score (nSPS) is 18.2. The molecule has 4 aromatic rings. The summed E-state index contributed by atoms with van der Waals surface area (Å²) in [7, 11) is 0. The number of aromatic nitrogens is 5.